The zero-order valence-corrected chi connectivity index (χ0v) is 7.57. The van der Waals surface area contributed by atoms with Crippen LogP contribution in [0, 0.1) is 0 Å². The number of esters is 2. The Hall–Kier alpha value is -0.541. The van der Waals surface area contributed by atoms with E-state index in [1.807, 2.05) is 0 Å². The molecule has 0 amide bonds. The summed E-state index contributed by atoms with van der Waals surface area (Å²) in [6.07, 6.45) is 0. The normalized spacial score (nSPS) is 8.70. The summed E-state index contributed by atoms with van der Waals surface area (Å²) in [4.78, 5) is 31.0. The molecule has 0 aliphatic carbocycles. The van der Waals surface area contributed by atoms with Crippen LogP contribution < -0.4 is 0 Å². The second kappa shape index (κ2) is 4.30. The van der Waals surface area contributed by atoms with Gasteiger partial charge in [0.1, 0.15) is 0 Å². The summed E-state index contributed by atoms with van der Waals surface area (Å²) in [7, 11) is 0. The van der Waals surface area contributed by atoms with E-state index in [0.29, 0.717) is 0 Å². The van der Waals surface area contributed by atoms with Crippen LogP contribution in [0.4, 0.5) is 0 Å². The molecule has 0 bridgehead atoms. The molecule has 0 aliphatic rings. The third-order valence-corrected chi connectivity index (χ3v) is 1.34. The number of ether oxygens (including phenoxy) is 1. The zero-order valence-electron chi connectivity index (χ0n) is 5.17. The fourth-order valence-corrected chi connectivity index (χ4v) is 0.581. The molecule has 0 aliphatic heterocycles. The average molecular weight is 321 g/mol. The van der Waals surface area contributed by atoms with E-state index in [1.165, 1.54) is 18.9 Å². The standard InChI is InChI=1S/C5H5O4.Ir/c1-3(6)5(8)9-4(2)7;/h1H2,2H3;. The van der Waals surface area contributed by atoms with Gasteiger partial charge in [-0.25, -0.2) is 0 Å². The van der Waals surface area contributed by atoms with Gasteiger partial charge in [-0.2, -0.15) is 0 Å². The SMILES string of the molecule is CC(=O)OC(=O)C(=O)[CH2][Ir]. The number of carbonyl (C=O) groups excluding carboxylic acids is 3. The van der Waals surface area contributed by atoms with Crippen LogP contribution in [-0.2, 0) is 38.0 Å². The maximum absolute atomic E-state index is 10.4. The Kier molecular flexibility index (Phi) is 4.07. The maximum atomic E-state index is 10.4. The molecule has 0 unspecified atom stereocenters. The van der Waals surface area contributed by atoms with Gasteiger partial charge >= 0.3 is 67.6 Å². The first-order chi connectivity index (χ1) is 4.57. The number of hydrogen-bond acceptors (Lipinski definition) is 4. The van der Waals surface area contributed by atoms with E-state index in [1.54, 1.807) is 0 Å². The van der Waals surface area contributed by atoms with Crippen molar-refractivity contribution in [2.75, 3.05) is 0 Å². The van der Waals surface area contributed by atoms with Crippen molar-refractivity contribution in [3.63, 3.8) is 0 Å². The van der Waals surface area contributed by atoms with Crippen molar-refractivity contribution in [3.8, 4) is 0 Å². The number of hydrogen-bond donors (Lipinski definition) is 0. The molecule has 0 rings (SSSR count). The van der Waals surface area contributed by atoms with Crippen LogP contribution in [0.3, 0.4) is 0 Å². The van der Waals surface area contributed by atoms with Gasteiger partial charge < -0.3 is 0 Å². The van der Waals surface area contributed by atoms with Gasteiger partial charge in [0.2, 0.25) is 0 Å². The molecular weight excluding hydrogens is 316 g/mol. The topological polar surface area (TPSA) is 60.4 Å². The number of rotatable bonds is 2. The van der Waals surface area contributed by atoms with Crippen LogP contribution in [0.15, 0.2) is 0 Å². The molecule has 0 radical (unpaired) electrons. The third-order valence-electron chi connectivity index (χ3n) is 0.571. The Bertz CT molecular complexity index is 174. The fraction of sp³-hybridized carbons (Fsp3) is 0.400. The van der Waals surface area contributed by atoms with Gasteiger partial charge in [0.05, 0.1) is 0 Å². The Morgan fingerprint density at radius 3 is 2.20 bits per heavy atom. The minimum absolute atomic E-state index is 0.0616. The molecule has 0 spiro atoms. The fourth-order valence-electron chi connectivity index (χ4n) is 0.236. The summed E-state index contributed by atoms with van der Waals surface area (Å²) in [6.45, 7) is 1.07. The Labute approximate surface area is 68.1 Å². The van der Waals surface area contributed by atoms with E-state index < -0.39 is 17.7 Å². The van der Waals surface area contributed by atoms with Gasteiger partial charge in [0.15, 0.2) is 0 Å². The van der Waals surface area contributed by atoms with E-state index in [0.717, 1.165) is 6.92 Å². The first kappa shape index (κ1) is 9.46. The third kappa shape index (κ3) is 3.48. The summed E-state index contributed by atoms with van der Waals surface area (Å²) in [6, 6.07) is 0. The molecule has 0 aromatic rings. The van der Waals surface area contributed by atoms with E-state index in [-0.39, 0.29) is 4.93 Å². The van der Waals surface area contributed by atoms with Crippen LogP contribution in [0.25, 0.3) is 0 Å². The zero-order chi connectivity index (χ0) is 8.15. The van der Waals surface area contributed by atoms with E-state index in [2.05, 4.69) is 4.74 Å². The summed E-state index contributed by atoms with van der Waals surface area (Å²) in [5, 5.41) is 0. The second-order valence-electron chi connectivity index (χ2n) is 1.42. The average Bonchev–Trinajstić information content (AvgIpc) is 1.85. The van der Waals surface area contributed by atoms with Crippen LogP contribution >= 0.6 is 0 Å². The predicted molar refractivity (Wildman–Crippen MR) is 26.6 cm³/mol. The van der Waals surface area contributed by atoms with Gasteiger partial charge in [-0.3, -0.25) is 0 Å². The quantitative estimate of drug-likeness (QED) is 0.395. The molecule has 5 heteroatoms. The van der Waals surface area contributed by atoms with Crippen molar-refractivity contribution in [2.24, 2.45) is 0 Å². The number of ketones is 1. The number of Topliss-reactive ketones (excluding diaryl/α,β-unsaturated/α-hetero) is 1. The van der Waals surface area contributed by atoms with Gasteiger partial charge in [-0.1, -0.05) is 0 Å². The Balaban J connectivity index is 3.86. The molecule has 10 heavy (non-hydrogen) atoms. The predicted octanol–water partition coefficient (Wildman–Crippen LogP) is -0.390. The van der Waals surface area contributed by atoms with Gasteiger partial charge in [-0.15, -0.1) is 0 Å². The van der Waals surface area contributed by atoms with Crippen LogP contribution in [-0.4, -0.2) is 17.7 Å². The Morgan fingerprint density at radius 2 is 1.90 bits per heavy atom. The molecule has 0 N–H and O–H groups in total. The molecule has 58 valence electrons. The van der Waals surface area contributed by atoms with Crippen molar-refractivity contribution in [1.29, 1.82) is 0 Å². The van der Waals surface area contributed by atoms with Crippen LogP contribution in [0.5, 0.6) is 0 Å². The van der Waals surface area contributed by atoms with Gasteiger partial charge in [0.25, 0.3) is 0 Å². The molecule has 0 saturated carbocycles. The van der Waals surface area contributed by atoms with E-state index in [9.17, 15) is 14.4 Å². The molecule has 0 saturated heterocycles. The van der Waals surface area contributed by atoms with Gasteiger partial charge in [0, 0.05) is 0 Å². The molecule has 0 fully saturated rings. The van der Waals surface area contributed by atoms with Crippen molar-refractivity contribution < 1.29 is 38.0 Å². The van der Waals surface area contributed by atoms with Crippen molar-refractivity contribution in [1.82, 2.24) is 0 Å². The second-order valence-corrected chi connectivity index (χ2v) is 2.27. The van der Waals surface area contributed by atoms with Crippen LogP contribution in [0.2, 0.25) is 4.93 Å². The van der Waals surface area contributed by atoms with Crippen molar-refractivity contribution in [3.05, 3.63) is 0 Å². The molecular formula is C5H5IrO4. The number of carbonyl (C=O) groups is 3. The molecule has 0 heterocycles. The monoisotopic (exact) mass is 322 g/mol. The Morgan fingerprint density at radius 1 is 1.40 bits per heavy atom. The summed E-state index contributed by atoms with van der Waals surface area (Å²) in [5.41, 5.74) is 0. The van der Waals surface area contributed by atoms with E-state index in [4.69, 9.17) is 0 Å². The molecule has 4 nitrogen and oxygen atoms in total. The first-order valence-corrected chi connectivity index (χ1v) is 4.05. The van der Waals surface area contributed by atoms with Crippen molar-refractivity contribution in [2.45, 2.75) is 11.9 Å². The van der Waals surface area contributed by atoms with Gasteiger partial charge in [-0.05, 0) is 0 Å². The first-order valence-electron chi connectivity index (χ1n) is 2.36. The van der Waals surface area contributed by atoms with Crippen molar-refractivity contribution >= 4 is 17.7 Å². The van der Waals surface area contributed by atoms with E-state index >= 15 is 0 Å². The molecule has 0 aromatic carbocycles. The minimum atomic E-state index is -1.07. The summed E-state index contributed by atoms with van der Waals surface area (Å²) >= 11 is 1.52. The molecule has 0 atom stereocenters. The molecule has 0 aromatic heterocycles. The van der Waals surface area contributed by atoms with Crippen LogP contribution in [0.1, 0.15) is 6.92 Å². The summed E-state index contributed by atoms with van der Waals surface area (Å²) < 4.78 is 3.98. The summed E-state index contributed by atoms with van der Waals surface area (Å²) in [5.74, 6) is -2.52.